The number of likely N-dealkylation sites (N-methyl/N-ethyl adjacent to an activating group) is 1. The molecule has 6 amide bonds. The lowest BCUT2D eigenvalue weighted by atomic mass is 9.88. The van der Waals surface area contributed by atoms with Gasteiger partial charge in [-0.1, -0.05) is 23.3 Å². The summed E-state index contributed by atoms with van der Waals surface area (Å²) in [6.45, 7) is -1.00. The smallest absolute Gasteiger partial charge is 0.737 e. The number of ether oxygens (including phenoxy) is 3. The van der Waals surface area contributed by atoms with Gasteiger partial charge in [0.15, 0.2) is 17.7 Å². The van der Waals surface area contributed by atoms with E-state index in [0.717, 1.165) is 63.9 Å². The molecule has 0 aliphatic carbocycles. The number of hydrogen-bond donors (Lipinski definition) is 6. The number of hydroxylamine groups is 2. The van der Waals surface area contributed by atoms with E-state index in [4.69, 9.17) is 14.2 Å². The molecule has 3 aliphatic heterocycles. The van der Waals surface area contributed by atoms with Crippen molar-refractivity contribution in [3.8, 4) is 11.5 Å². The SMILES string of the molecule is Cc1ccc(C2=[N+]3C(=Cc4c(CCC[N+](C)(C)C)cc(/C=C/c5ccc(OCCCC(=O)NC(CS(=O)(=O)[O-])C(=O)NCC(=O)NC(CS(=O)(=O)[O-])C(=O)NCC[NH+](C)CCOc6cc([N+](=O)[O-])c(C(C)OC(=O)ON7C(=O)CCC7=O)cc6C=O)cc5)n4[B-]3(F)F)C(CCC[N+](C)(C)C)=C2)[nH]1. The van der Waals surface area contributed by atoms with Crippen LogP contribution in [0.15, 0.2) is 71.9 Å². The molecule has 4 unspecified atom stereocenters. The molecule has 2 aromatic carbocycles. The van der Waals surface area contributed by atoms with Crippen molar-refractivity contribution in [1.82, 2.24) is 35.8 Å². The number of nitrogens with zero attached hydrogens (tertiary/aromatic N) is 6. The zero-order valence-electron chi connectivity index (χ0n) is 58.0. The van der Waals surface area contributed by atoms with E-state index in [1.165, 1.54) is 11.4 Å². The molecule has 7 rings (SSSR count). The van der Waals surface area contributed by atoms with Crippen molar-refractivity contribution < 1.29 is 115 Å². The Morgan fingerprint density at radius 1 is 0.804 bits per heavy atom. The number of nitro groups is 1. The quantitative estimate of drug-likeness (QED) is 0.00426. The summed E-state index contributed by atoms with van der Waals surface area (Å²) in [6, 6.07) is 10.1. The number of carbonyl (C=O) groups excluding carboxylic acids is 8. The summed E-state index contributed by atoms with van der Waals surface area (Å²) >= 11 is 0. The third-order valence-electron chi connectivity index (χ3n) is 16.5. The van der Waals surface area contributed by atoms with Gasteiger partial charge in [-0.15, -0.1) is 0 Å². The van der Waals surface area contributed by atoms with Crippen molar-refractivity contribution in [3.63, 3.8) is 0 Å². The van der Waals surface area contributed by atoms with Crippen molar-refractivity contribution >= 4 is 105 Å². The van der Waals surface area contributed by atoms with Gasteiger partial charge in [0.05, 0.1) is 143 Å². The zero-order valence-corrected chi connectivity index (χ0v) is 59.7. The van der Waals surface area contributed by atoms with Crippen LogP contribution in [0.4, 0.5) is 19.1 Å². The molecule has 0 saturated carbocycles. The van der Waals surface area contributed by atoms with Crippen molar-refractivity contribution in [2.45, 2.75) is 83.4 Å². The lowest BCUT2D eigenvalue weighted by molar-refractivity contribution is -0.878. The molecule has 37 heteroatoms. The number of nitro benzene ring substituents is 1. The number of rotatable bonds is 38. The number of benzene rings is 2. The fraction of sp³-hybridized carbons (Fsp3) is 0.462. The number of hydrogen-bond acceptors (Lipinski definition) is 20. The molecule has 32 nitrogen and oxygen atoms in total. The Morgan fingerprint density at radius 3 is 2.01 bits per heavy atom. The minimum Gasteiger partial charge on any atom is -0.748 e. The fourth-order valence-electron chi connectivity index (χ4n) is 11.4. The number of nitrogens with one attached hydrogen (secondary N) is 6. The number of halogens is 2. The zero-order chi connectivity index (χ0) is 75.2. The Morgan fingerprint density at radius 2 is 1.42 bits per heavy atom. The first-order chi connectivity index (χ1) is 47.7. The number of imide groups is 1. The van der Waals surface area contributed by atoms with Crippen molar-refractivity contribution in [2.24, 2.45) is 0 Å². The standard InChI is InChI=1S/C65H85BF2N12O20S2/c1-42-16-23-51(71-42)57-35-46(14-11-30-80(7,8)9)55-36-54-45(13-10-29-79(4,5)6)33-48(75(54)66(67,68)76(55)57)20-17-44-18-21-49(22-19-44)97-31-12-15-59(82)72-53(41-102(94,95)96)64(87)70-38-60(83)73-52(40-101(91,92)93)63(86)69-26-27-74(3)28-32-98-58-37-56(78(89)90)50(34-47(58)39-81)43(2)99-65(88)100-77-61(84)24-25-62(77)85/h16-23,33-37,39,43,52-53,71H,10-15,24-32,38,40-41H2,1-9H3,(H4-2,69,70,72,73,82,83,86,87,91,92,93,94,95,96)/p+1/b20-17+. The summed E-state index contributed by atoms with van der Waals surface area (Å²) in [5.74, 6) is -9.05. The van der Waals surface area contributed by atoms with Gasteiger partial charge in [0.1, 0.15) is 48.5 Å². The van der Waals surface area contributed by atoms with Gasteiger partial charge in [0, 0.05) is 66.9 Å². The molecule has 4 atom stereocenters. The maximum Gasteiger partial charge on any atom is 0.737 e. The van der Waals surface area contributed by atoms with Crippen LogP contribution in [0.1, 0.15) is 108 Å². The van der Waals surface area contributed by atoms with Crippen LogP contribution < -0.4 is 35.6 Å². The summed E-state index contributed by atoms with van der Waals surface area (Å²) < 4.78 is 127. The van der Waals surface area contributed by atoms with E-state index < -0.39 is 116 Å². The van der Waals surface area contributed by atoms with Crippen LogP contribution in [-0.4, -0.2) is 245 Å². The van der Waals surface area contributed by atoms with E-state index >= 15 is 8.63 Å². The predicted octanol–water partition coefficient (Wildman–Crippen LogP) is 1.48. The fourth-order valence-corrected chi connectivity index (χ4v) is 12.7. The first-order valence-electron chi connectivity index (χ1n) is 32.7. The molecule has 0 spiro atoms. The number of aldehydes is 1. The lowest BCUT2D eigenvalue weighted by Gasteiger charge is -2.31. The van der Waals surface area contributed by atoms with Gasteiger partial charge < -0.3 is 81.0 Å². The first-order valence-corrected chi connectivity index (χ1v) is 35.8. The summed E-state index contributed by atoms with van der Waals surface area (Å²) in [5.41, 5.74) is 4.33. The molecule has 4 aromatic rings. The van der Waals surface area contributed by atoms with Crippen LogP contribution in [0.2, 0.25) is 0 Å². The predicted molar refractivity (Wildman–Crippen MR) is 364 cm³/mol. The highest BCUT2D eigenvalue weighted by Gasteiger charge is 2.55. The second-order valence-corrected chi connectivity index (χ2v) is 29.9. The third kappa shape index (κ3) is 23.0. The summed E-state index contributed by atoms with van der Waals surface area (Å²) in [6.07, 6.45) is 6.57. The van der Waals surface area contributed by atoms with Gasteiger partial charge in [-0.3, -0.25) is 48.5 Å². The number of H-pyrrole nitrogens is 1. The average Bonchev–Trinajstić information content (AvgIpc) is 1.55. The highest BCUT2D eigenvalue weighted by atomic mass is 32.2. The van der Waals surface area contributed by atoms with E-state index in [9.17, 15) is 74.4 Å². The molecule has 3 aliphatic rings. The Balaban J connectivity index is 0.886. The van der Waals surface area contributed by atoms with Gasteiger partial charge in [-0.2, -0.15) is 0 Å². The second kappa shape index (κ2) is 34.0. The number of quaternary nitrogens is 3. The number of aromatic nitrogens is 2. The van der Waals surface area contributed by atoms with E-state index in [-0.39, 0.29) is 80.5 Å². The Bertz CT molecular complexity index is 4200. The summed E-state index contributed by atoms with van der Waals surface area (Å²) in [7, 11) is 3.76. The average molecular weight is 1470 g/mol. The van der Waals surface area contributed by atoms with Crippen LogP contribution in [0.5, 0.6) is 11.5 Å². The summed E-state index contributed by atoms with van der Waals surface area (Å²) in [4.78, 5) is 120. The normalized spacial score (nSPS) is 15.7. The largest absolute Gasteiger partial charge is 0.748 e. The molecule has 1 fully saturated rings. The topological polar surface area (TPSA) is 411 Å². The Labute approximate surface area is 588 Å². The van der Waals surface area contributed by atoms with Gasteiger partial charge in [0.25, 0.3) is 17.5 Å². The highest BCUT2D eigenvalue weighted by Crippen LogP contribution is 2.41. The van der Waals surface area contributed by atoms with E-state index in [2.05, 4.69) is 62.7 Å². The monoisotopic (exact) mass is 1470 g/mol. The molecule has 0 bridgehead atoms. The van der Waals surface area contributed by atoms with E-state index in [1.807, 2.05) is 47.9 Å². The second-order valence-electron chi connectivity index (χ2n) is 27.0. The molecule has 102 heavy (non-hydrogen) atoms. The third-order valence-corrected chi connectivity index (χ3v) is 18.0. The highest BCUT2D eigenvalue weighted by molar-refractivity contribution is 7.86. The Kier molecular flexibility index (Phi) is 26.6. The number of amides is 6. The number of fused-ring (bicyclic) bond motifs is 2. The van der Waals surface area contributed by atoms with Crippen LogP contribution >= 0.6 is 0 Å². The maximum atomic E-state index is 17.7. The first kappa shape index (κ1) is 79.8. The molecule has 2 aromatic heterocycles. The summed E-state index contributed by atoms with van der Waals surface area (Å²) in [5, 5.41) is 20.7. The van der Waals surface area contributed by atoms with E-state index in [1.54, 1.807) is 43.5 Å². The molecular weight excluding hydrogens is 1380 g/mol. The lowest BCUT2D eigenvalue weighted by Crippen LogP contribution is -3.10. The van der Waals surface area contributed by atoms with Gasteiger partial charge in [-0.25, -0.2) is 21.6 Å². The number of allylic oxidation sites excluding steroid dienone is 2. The van der Waals surface area contributed by atoms with Crippen molar-refractivity contribution in [2.75, 3.05) is 113 Å². The van der Waals surface area contributed by atoms with E-state index in [0.29, 0.717) is 68.3 Å². The van der Waals surface area contributed by atoms with Gasteiger partial charge >= 0.3 is 13.1 Å². The molecular formula is C65H86BF2N12O20S2+. The van der Waals surface area contributed by atoms with Crippen molar-refractivity contribution in [1.29, 1.82) is 0 Å². The van der Waals surface area contributed by atoms with Crippen molar-refractivity contribution in [3.05, 3.63) is 127 Å². The van der Waals surface area contributed by atoms with Gasteiger partial charge in [0.2, 0.25) is 23.6 Å². The van der Waals surface area contributed by atoms with Gasteiger partial charge in [-0.05, 0) is 86.7 Å². The number of aromatic amines is 1. The van der Waals surface area contributed by atoms with Crippen LogP contribution in [-0.2, 0) is 65.0 Å². The molecule has 554 valence electrons. The minimum atomic E-state index is -5.21. The molecule has 6 N–H and O–H groups in total. The molecule has 5 heterocycles. The van der Waals surface area contributed by atoms with Crippen LogP contribution in [0.3, 0.4) is 0 Å². The molecule has 0 radical (unpaired) electrons. The molecule has 1 saturated heterocycles. The number of aryl methyl sites for hydroxylation is 2. The minimum absolute atomic E-state index is 0.00869. The number of carbonyl (C=O) groups is 8. The van der Waals surface area contributed by atoms with Crippen LogP contribution in [0.25, 0.3) is 18.2 Å². The van der Waals surface area contributed by atoms with Crippen LogP contribution in [0, 0.1) is 17.0 Å². The Hall–Kier alpha value is -9.53. The maximum absolute atomic E-state index is 17.7.